The lowest BCUT2D eigenvalue weighted by molar-refractivity contribution is -0.0863. The number of nitrogens with zero attached hydrogens (tertiary/aromatic N) is 2. The van der Waals surface area contributed by atoms with Crippen LogP contribution in [0.3, 0.4) is 0 Å². The number of urea groups is 1. The highest BCUT2D eigenvalue weighted by Gasteiger charge is 2.30. The van der Waals surface area contributed by atoms with E-state index in [0.717, 1.165) is 25.9 Å². The van der Waals surface area contributed by atoms with Crippen LogP contribution in [-0.4, -0.2) is 65.9 Å². The molecule has 98 valence electrons. The Labute approximate surface area is 102 Å². The molecule has 2 atom stereocenters. The highest BCUT2D eigenvalue weighted by Crippen LogP contribution is 2.16. The second kappa shape index (κ2) is 5.69. The molecule has 1 N–H and O–H groups in total. The van der Waals surface area contributed by atoms with Gasteiger partial charge in [-0.1, -0.05) is 0 Å². The molecule has 5 heteroatoms. The van der Waals surface area contributed by atoms with E-state index < -0.39 is 0 Å². The number of likely N-dealkylation sites (tertiary alicyclic amines) is 1. The van der Waals surface area contributed by atoms with Crippen molar-refractivity contribution in [2.24, 2.45) is 0 Å². The van der Waals surface area contributed by atoms with Gasteiger partial charge in [-0.2, -0.15) is 0 Å². The molecular formula is C12H22N2O3. The van der Waals surface area contributed by atoms with Gasteiger partial charge in [-0.25, -0.2) is 4.79 Å². The van der Waals surface area contributed by atoms with Crippen molar-refractivity contribution in [3.63, 3.8) is 0 Å². The van der Waals surface area contributed by atoms with E-state index in [1.807, 2.05) is 16.7 Å². The Morgan fingerprint density at radius 3 is 2.59 bits per heavy atom. The van der Waals surface area contributed by atoms with E-state index in [1.54, 1.807) is 0 Å². The van der Waals surface area contributed by atoms with Crippen LogP contribution < -0.4 is 0 Å². The molecule has 0 aliphatic carbocycles. The summed E-state index contributed by atoms with van der Waals surface area (Å²) < 4.78 is 5.54. The van der Waals surface area contributed by atoms with Gasteiger partial charge in [0.1, 0.15) is 0 Å². The first kappa shape index (κ1) is 12.6. The zero-order valence-corrected chi connectivity index (χ0v) is 10.5. The lowest BCUT2D eigenvalue weighted by Gasteiger charge is -2.39. The van der Waals surface area contributed by atoms with E-state index in [9.17, 15) is 4.79 Å². The van der Waals surface area contributed by atoms with Gasteiger partial charge < -0.3 is 19.6 Å². The van der Waals surface area contributed by atoms with E-state index in [2.05, 4.69) is 0 Å². The van der Waals surface area contributed by atoms with Crippen LogP contribution in [0.5, 0.6) is 0 Å². The van der Waals surface area contributed by atoms with Gasteiger partial charge in [-0.15, -0.1) is 0 Å². The minimum absolute atomic E-state index is 0.00893. The van der Waals surface area contributed by atoms with Crippen LogP contribution in [0, 0.1) is 0 Å². The average molecular weight is 242 g/mol. The van der Waals surface area contributed by atoms with Crippen LogP contribution in [0.2, 0.25) is 0 Å². The van der Waals surface area contributed by atoms with Crippen molar-refractivity contribution in [1.82, 2.24) is 9.80 Å². The van der Waals surface area contributed by atoms with E-state index in [4.69, 9.17) is 9.84 Å². The summed E-state index contributed by atoms with van der Waals surface area (Å²) in [6.45, 7) is 4.80. The summed E-state index contributed by atoms with van der Waals surface area (Å²) in [4.78, 5) is 16.0. The fourth-order valence-corrected chi connectivity index (χ4v) is 2.59. The maximum absolute atomic E-state index is 12.3. The predicted molar refractivity (Wildman–Crippen MR) is 63.8 cm³/mol. The molecule has 5 nitrogen and oxygen atoms in total. The van der Waals surface area contributed by atoms with Crippen molar-refractivity contribution in [3.05, 3.63) is 0 Å². The lowest BCUT2D eigenvalue weighted by Crippen LogP contribution is -2.55. The topological polar surface area (TPSA) is 53.0 Å². The maximum Gasteiger partial charge on any atom is 0.320 e. The lowest BCUT2D eigenvalue weighted by atomic mass is 10.1. The van der Waals surface area contributed by atoms with Crippen molar-refractivity contribution >= 4 is 6.03 Å². The summed E-state index contributed by atoms with van der Waals surface area (Å²) >= 11 is 0. The first-order chi connectivity index (χ1) is 8.20. The maximum atomic E-state index is 12.3. The van der Waals surface area contributed by atoms with Gasteiger partial charge in [0.2, 0.25) is 0 Å². The third-order valence-electron chi connectivity index (χ3n) is 3.43. The van der Waals surface area contributed by atoms with Crippen molar-refractivity contribution in [2.45, 2.75) is 38.4 Å². The van der Waals surface area contributed by atoms with Crippen LogP contribution in [0.4, 0.5) is 4.79 Å². The van der Waals surface area contributed by atoms with Gasteiger partial charge in [0.25, 0.3) is 0 Å². The molecule has 0 spiro atoms. The Kier molecular flexibility index (Phi) is 4.23. The van der Waals surface area contributed by atoms with E-state index in [1.165, 1.54) is 6.42 Å². The molecule has 2 rings (SSSR count). The largest absolute Gasteiger partial charge is 0.394 e. The normalized spacial score (nSPS) is 30.5. The molecule has 2 aliphatic heterocycles. The van der Waals surface area contributed by atoms with Crippen LogP contribution in [0.1, 0.15) is 26.2 Å². The Bertz CT molecular complexity index is 266. The molecule has 2 unspecified atom stereocenters. The summed E-state index contributed by atoms with van der Waals surface area (Å²) in [5.74, 6) is 0. The number of aliphatic hydroxyl groups excluding tert-OH is 1. The fraction of sp³-hybridized carbons (Fsp3) is 0.917. The number of aliphatic hydroxyl groups is 1. The predicted octanol–water partition coefficient (Wildman–Crippen LogP) is 0.674. The number of rotatable bonds is 1. The Morgan fingerprint density at radius 2 is 1.94 bits per heavy atom. The monoisotopic (exact) mass is 242 g/mol. The number of morpholine rings is 1. The van der Waals surface area contributed by atoms with Crippen LogP contribution in [-0.2, 0) is 4.74 Å². The van der Waals surface area contributed by atoms with Gasteiger partial charge in [-0.3, -0.25) is 0 Å². The molecule has 0 bridgehead atoms. The van der Waals surface area contributed by atoms with E-state index in [-0.39, 0.29) is 24.8 Å². The number of carbonyl (C=O) groups excluding carboxylic acids is 1. The summed E-state index contributed by atoms with van der Waals surface area (Å²) in [6.07, 6.45) is 3.22. The van der Waals surface area contributed by atoms with Crippen molar-refractivity contribution in [3.8, 4) is 0 Å². The van der Waals surface area contributed by atoms with Gasteiger partial charge in [0.15, 0.2) is 0 Å². The second-order valence-corrected chi connectivity index (χ2v) is 4.99. The van der Waals surface area contributed by atoms with Crippen molar-refractivity contribution < 1.29 is 14.6 Å². The number of ether oxygens (including phenoxy) is 1. The number of piperidine rings is 1. The number of amides is 2. The Hall–Kier alpha value is -0.810. The minimum atomic E-state index is -0.229. The van der Waals surface area contributed by atoms with Crippen LogP contribution >= 0.6 is 0 Å². The molecule has 2 aliphatic rings. The second-order valence-electron chi connectivity index (χ2n) is 4.99. The molecule has 0 aromatic carbocycles. The molecule has 2 saturated heterocycles. The van der Waals surface area contributed by atoms with Gasteiger partial charge >= 0.3 is 6.03 Å². The molecule has 17 heavy (non-hydrogen) atoms. The zero-order chi connectivity index (χ0) is 12.3. The standard InChI is InChI=1S/C12H22N2O3/c1-10-7-14(8-11(9-15)17-10)12(16)13-5-3-2-4-6-13/h10-11,15H,2-9H2,1H3. The molecule has 2 amide bonds. The third-order valence-corrected chi connectivity index (χ3v) is 3.43. The average Bonchev–Trinajstić information content (AvgIpc) is 2.38. The van der Waals surface area contributed by atoms with Gasteiger partial charge in [-0.05, 0) is 26.2 Å². The van der Waals surface area contributed by atoms with Crippen LogP contribution in [0.15, 0.2) is 0 Å². The van der Waals surface area contributed by atoms with Crippen LogP contribution in [0.25, 0.3) is 0 Å². The first-order valence-electron chi connectivity index (χ1n) is 6.51. The van der Waals surface area contributed by atoms with Crippen molar-refractivity contribution in [2.75, 3.05) is 32.8 Å². The summed E-state index contributed by atoms with van der Waals surface area (Å²) in [6, 6.07) is 0.110. The highest BCUT2D eigenvalue weighted by molar-refractivity contribution is 5.74. The first-order valence-corrected chi connectivity index (χ1v) is 6.51. The number of hydrogen-bond acceptors (Lipinski definition) is 3. The molecule has 2 fully saturated rings. The molecule has 2 heterocycles. The summed E-state index contributed by atoms with van der Waals surface area (Å²) in [7, 11) is 0. The third kappa shape index (κ3) is 3.10. The summed E-state index contributed by atoms with van der Waals surface area (Å²) in [5, 5.41) is 9.14. The SMILES string of the molecule is CC1CN(C(=O)N2CCCCC2)CC(CO)O1. The van der Waals surface area contributed by atoms with Gasteiger partial charge in [0.05, 0.1) is 25.4 Å². The Morgan fingerprint density at radius 1 is 1.24 bits per heavy atom. The smallest absolute Gasteiger partial charge is 0.320 e. The quantitative estimate of drug-likeness (QED) is 0.735. The van der Waals surface area contributed by atoms with E-state index in [0.29, 0.717) is 13.1 Å². The molecule has 0 aromatic rings. The van der Waals surface area contributed by atoms with Crippen molar-refractivity contribution in [1.29, 1.82) is 0 Å². The summed E-state index contributed by atoms with van der Waals surface area (Å²) in [5.41, 5.74) is 0. The molecule has 0 radical (unpaired) electrons. The molecular weight excluding hydrogens is 220 g/mol. The van der Waals surface area contributed by atoms with Gasteiger partial charge in [0, 0.05) is 19.6 Å². The number of hydrogen-bond donors (Lipinski definition) is 1. The fourth-order valence-electron chi connectivity index (χ4n) is 2.59. The zero-order valence-electron chi connectivity index (χ0n) is 10.5. The highest BCUT2D eigenvalue weighted by atomic mass is 16.5. The molecule has 0 aromatic heterocycles. The Balaban J connectivity index is 1.93. The number of carbonyl (C=O) groups is 1. The van der Waals surface area contributed by atoms with E-state index >= 15 is 0 Å². The molecule has 0 saturated carbocycles. The minimum Gasteiger partial charge on any atom is -0.394 e.